The molecule has 564 valence electrons. The zero-order valence-corrected chi connectivity index (χ0v) is 64.1. The van der Waals surface area contributed by atoms with Crippen LogP contribution in [0.1, 0.15) is 383 Å². The quantitative estimate of drug-likeness (QED) is 0.0222. The number of unbranched alkanes of at least 4 members (excludes halogenated alkanes) is 39. The maximum atomic E-state index is 13.1. The first-order valence-electron chi connectivity index (χ1n) is 39.2. The van der Waals surface area contributed by atoms with Crippen LogP contribution >= 0.6 is 15.6 Å². The molecule has 0 aliphatic heterocycles. The van der Waals surface area contributed by atoms with Gasteiger partial charge in [0.2, 0.25) is 0 Å². The topological polar surface area (TPSA) is 237 Å². The largest absolute Gasteiger partial charge is 0.472 e. The van der Waals surface area contributed by atoms with Crippen molar-refractivity contribution >= 4 is 39.5 Å². The van der Waals surface area contributed by atoms with Crippen LogP contribution in [0.25, 0.3) is 0 Å². The molecule has 0 aromatic rings. The summed E-state index contributed by atoms with van der Waals surface area (Å²) in [6.45, 7) is 14.1. The fraction of sp³-hybridized carbons (Fsp3) is 0.947. The van der Waals surface area contributed by atoms with Crippen LogP contribution < -0.4 is 0 Å². The van der Waals surface area contributed by atoms with Crippen molar-refractivity contribution in [2.45, 2.75) is 401 Å². The summed E-state index contributed by atoms with van der Waals surface area (Å²) in [7, 11) is -9.91. The van der Waals surface area contributed by atoms with E-state index in [0.717, 1.165) is 114 Å². The van der Waals surface area contributed by atoms with Gasteiger partial charge in [0.05, 0.1) is 26.4 Å². The average Bonchev–Trinajstić information content (AvgIpc) is 1.42. The average molecular weight is 1400 g/mol. The molecule has 0 bridgehead atoms. The van der Waals surface area contributed by atoms with Crippen molar-refractivity contribution < 1.29 is 80.2 Å². The molecule has 0 heterocycles. The van der Waals surface area contributed by atoms with Crippen LogP contribution in [0.4, 0.5) is 0 Å². The van der Waals surface area contributed by atoms with E-state index in [0.29, 0.717) is 31.6 Å². The van der Waals surface area contributed by atoms with Crippen molar-refractivity contribution in [1.82, 2.24) is 0 Å². The van der Waals surface area contributed by atoms with E-state index in [1.807, 2.05) is 0 Å². The summed E-state index contributed by atoms with van der Waals surface area (Å²) >= 11 is 0. The van der Waals surface area contributed by atoms with E-state index in [1.165, 1.54) is 180 Å². The van der Waals surface area contributed by atoms with Gasteiger partial charge in [-0.15, -0.1) is 0 Å². The van der Waals surface area contributed by atoms with Crippen molar-refractivity contribution in [3.8, 4) is 0 Å². The third kappa shape index (κ3) is 70.3. The number of phosphoric ester groups is 2. The Morgan fingerprint density at radius 1 is 0.263 bits per heavy atom. The molecule has 0 saturated heterocycles. The number of esters is 4. The Hall–Kier alpha value is -1.94. The molecule has 19 heteroatoms. The Kier molecular flexibility index (Phi) is 64.0. The molecular formula is C76H148O17P2. The monoisotopic (exact) mass is 1400 g/mol. The van der Waals surface area contributed by atoms with Crippen LogP contribution in [0.2, 0.25) is 0 Å². The second kappa shape index (κ2) is 65.4. The first-order chi connectivity index (χ1) is 45.6. The molecule has 2 unspecified atom stereocenters. The van der Waals surface area contributed by atoms with Crippen molar-refractivity contribution in [2.75, 3.05) is 39.6 Å². The minimum atomic E-state index is -4.96. The van der Waals surface area contributed by atoms with E-state index in [1.54, 1.807) is 0 Å². The lowest BCUT2D eigenvalue weighted by Crippen LogP contribution is -2.30. The second-order valence-corrected chi connectivity index (χ2v) is 32.2. The molecule has 0 aromatic carbocycles. The predicted molar refractivity (Wildman–Crippen MR) is 386 cm³/mol. The molecule has 0 fully saturated rings. The van der Waals surface area contributed by atoms with Crippen LogP contribution in [-0.2, 0) is 65.4 Å². The third-order valence-corrected chi connectivity index (χ3v) is 19.5. The number of rotatable bonds is 73. The zero-order chi connectivity index (χ0) is 70.3. The smallest absolute Gasteiger partial charge is 0.462 e. The molecule has 3 N–H and O–H groups in total. The first kappa shape index (κ1) is 93.1. The predicted octanol–water partition coefficient (Wildman–Crippen LogP) is 22.0. The molecule has 0 aromatic heterocycles. The van der Waals surface area contributed by atoms with Crippen LogP contribution in [0.3, 0.4) is 0 Å². The van der Waals surface area contributed by atoms with Gasteiger partial charge < -0.3 is 33.8 Å². The van der Waals surface area contributed by atoms with Gasteiger partial charge in [0.15, 0.2) is 12.2 Å². The van der Waals surface area contributed by atoms with Gasteiger partial charge in [-0.25, -0.2) is 9.13 Å². The summed E-state index contributed by atoms with van der Waals surface area (Å²) in [5.74, 6) is 0.894. The highest BCUT2D eigenvalue weighted by molar-refractivity contribution is 7.47. The summed E-state index contributed by atoms with van der Waals surface area (Å²) in [5.41, 5.74) is 0. The lowest BCUT2D eigenvalue weighted by molar-refractivity contribution is -0.161. The first-order valence-corrected chi connectivity index (χ1v) is 42.2. The Balaban J connectivity index is 5.24. The summed E-state index contributed by atoms with van der Waals surface area (Å²) < 4.78 is 68.5. The van der Waals surface area contributed by atoms with Gasteiger partial charge in [0.1, 0.15) is 19.3 Å². The van der Waals surface area contributed by atoms with Crippen molar-refractivity contribution in [2.24, 2.45) is 23.7 Å². The highest BCUT2D eigenvalue weighted by Crippen LogP contribution is 2.45. The fourth-order valence-corrected chi connectivity index (χ4v) is 13.1. The normalized spacial score (nSPS) is 14.1. The molecule has 95 heavy (non-hydrogen) atoms. The highest BCUT2D eigenvalue weighted by Gasteiger charge is 2.30. The molecule has 0 saturated carbocycles. The van der Waals surface area contributed by atoms with Gasteiger partial charge >= 0.3 is 39.5 Å². The maximum Gasteiger partial charge on any atom is 0.472 e. The Bertz CT molecular complexity index is 1870. The summed E-state index contributed by atoms with van der Waals surface area (Å²) in [4.78, 5) is 72.8. The minimum absolute atomic E-state index is 0.105. The van der Waals surface area contributed by atoms with Crippen molar-refractivity contribution in [1.29, 1.82) is 0 Å². The van der Waals surface area contributed by atoms with Crippen LogP contribution in [0, 0.1) is 23.7 Å². The van der Waals surface area contributed by atoms with E-state index >= 15 is 0 Å². The molecule has 17 nitrogen and oxygen atoms in total. The van der Waals surface area contributed by atoms with Gasteiger partial charge in [-0.1, -0.05) is 331 Å². The SMILES string of the molecule is CC(C)CCCCCCCCCCCCCCCCCC(=O)O[C@H](COC(=O)CCCCCCCCCCCCCCC(C)C)COP(=O)(O)OC[C@@H](O)COP(=O)(O)OC[C@@H](COC(=O)CCCCCCCCC(C)C)OC(=O)CCCCCCCCCCCCC(C)C. The summed E-state index contributed by atoms with van der Waals surface area (Å²) in [6.07, 6.45) is 50.1. The lowest BCUT2D eigenvalue weighted by atomic mass is 10.0. The number of hydrogen-bond acceptors (Lipinski definition) is 15. The van der Waals surface area contributed by atoms with Crippen LogP contribution in [0.15, 0.2) is 0 Å². The van der Waals surface area contributed by atoms with Crippen LogP contribution in [0.5, 0.6) is 0 Å². The Morgan fingerprint density at radius 2 is 0.442 bits per heavy atom. The minimum Gasteiger partial charge on any atom is -0.462 e. The number of aliphatic hydroxyl groups is 1. The molecule has 0 aliphatic rings. The number of carbonyl (C=O) groups is 4. The number of ether oxygens (including phenoxy) is 4. The number of carbonyl (C=O) groups excluding carboxylic acids is 4. The lowest BCUT2D eigenvalue weighted by Gasteiger charge is -2.21. The Morgan fingerprint density at radius 3 is 0.653 bits per heavy atom. The Labute approximate surface area is 581 Å². The molecule has 5 atom stereocenters. The van der Waals surface area contributed by atoms with Gasteiger partial charge in [-0.3, -0.25) is 37.3 Å². The highest BCUT2D eigenvalue weighted by atomic mass is 31.2. The molecule has 0 radical (unpaired) electrons. The van der Waals surface area contributed by atoms with E-state index in [2.05, 4.69) is 55.4 Å². The molecule has 0 aliphatic carbocycles. The standard InChI is InChI=1S/C76H148O17P2/c1-66(2)52-44-36-28-22-16-12-10-9-11-13-19-26-32-42-50-58-75(80)92-71(62-86-73(78)56-48-40-31-25-18-15-14-17-23-29-37-45-53-67(3)4)64-90-94(82,83)88-60-70(77)61-89-95(84,85)91-65-72(63-87-74(79)57-49-41-35-34-39-47-55-69(7)8)93-76(81)59-51-43-33-27-21-20-24-30-38-46-54-68(5)6/h66-72,77H,9-65H2,1-8H3,(H,82,83)(H,84,85)/t70-,71-,72-/m1/s1. The maximum absolute atomic E-state index is 13.1. The molecule has 0 spiro atoms. The third-order valence-electron chi connectivity index (χ3n) is 17.6. The number of phosphoric acid groups is 2. The van der Waals surface area contributed by atoms with Crippen LogP contribution in [-0.4, -0.2) is 96.7 Å². The molecule has 0 rings (SSSR count). The fourth-order valence-electron chi connectivity index (χ4n) is 11.6. The summed E-state index contributed by atoms with van der Waals surface area (Å²) in [6, 6.07) is 0. The van der Waals surface area contributed by atoms with Gasteiger partial charge in [0, 0.05) is 25.7 Å². The van der Waals surface area contributed by atoms with E-state index in [4.69, 9.17) is 37.0 Å². The molecule has 0 amide bonds. The van der Waals surface area contributed by atoms with E-state index < -0.39 is 97.5 Å². The number of aliphatic hydroxyl groups excluding tert-OH is 1. The van der Waals surface area contributed by atoms with Crippen molar-refractivity contribution in [3.63, 3.8) is 0 Å². The second-order valence-electron chi connectivity index (χ2n) is 29.3. The van der Waals surface area contributed by atoms with Crippen molar-refractivity contribution in [3.05, 3.63) is 0 Å². The van der Waals surface area contributed by atoms with Gasteiger partial charge in [0.25, 0.3) is 0 Å². The van der Waals surface area contributed by atoms with E-state index in [-0.39, 0.29) is 25.7 Å². The molecular weight excluding hydrogens is 1250 g/mol. The van der Waals surface area contributed by atoms with E-state index in [9.17, 15) is 43.2 Å². The van der Waals surface area contributed by atoms with Gasteiger partial charge in [-0.2, -0.15) is 0 Å². The summed E-state index contributed by atoms with van der Waals surface area (Å²) in [5, 5.41) is 10.6. The van der Waals surface area contributed by atoms with Gasteiger partial charge in [-0.05, 0) is 49.4 Å². The zero-order valence-electron chi connectivity index (χ0n) is 62.3. The number of hydrogen-bond donors (Lipinski definition) is 3.